The molecule has 2 rings (SSSR count). The monoisotopic (exact) mass is 303 g/mol. The molecule has 1 unspecified atom stereocenters. The number of carbonyl (C=O) groups is 1. The van der Waals surface area contributed by atoms with Gasteiger partial charge in [-0.15, -0.1) is 0 Å². The Hall–Kier alpha value is -0.660. The highest BCUT2D eigenvalue weighted by Crippen LogP contribution is 2.20. The number of nitrogens with zero attached hydrogens (tertiary/aromatic N) is 1. The molecule has 20 heavy (non-hydrogen) atoms. The molecule has 2 saturated heterocycles. The summed E-state index contributed by atoms with van der Waals surface area (Å²) >= 11 is 0. The number of hydrogen-bond donors (Lipinski definition) is 2. The molecule has 2 N–H and O–H groups in total. The van der Waals surface area contributed by atoms with Crippen LogP contribution in [0, 0.1) is 5.92 Å². The van der Waals surface area contributed by atoms with Gasteiger partial charge in [0.1, 0.15) is 6.04 Å². The number of carbonyl (C=O) groups excluding carboxylic acids is 1. The van der Waals surface area contributed by atoms with E-state index in [1.54, 1.807) is 0 Å². The minimum absolute atomic E-state index is 0.163. The molecule has 0 bridgehead atoms. The van der Waals surface area contributed by atoms with Gasteiger partial charge in [-0.05, 0) is 44.7 Å². The van der Waals surface area contributed by atoms with Crippen LogP contribution in [0.15, 0.2) is 0 Å². The molecule has 2 fully saturated rings. The number of piperazine rings is 1. The molecule has 0 saturated carbocycles. The van der Waals surface area contributed by atoms with E-state index in [1.807, 2.05) is 6.92 Å². The fourth-order valence-electron chi connectivity index (χ4n) is 3.02. The lowest BCUT2D eigenvalue weighted by atomic mass is 9.96. The molecule has 2 heterocycles. The van der Waals surface area contributed by atoms with Gasteiger partial charge in [0.25, 0.3) is 0 Å². The van der Waals surface area contributed by atoms with Crippen LogP contribution in [0.4, 0.5) is 0 Å². The lowest BCUT2D eigenvalue weighted by Gasteiger charge is -2.34. The topological polar surface area (TPSA) is 78.5 Å². The molecular weight excluding hydrogens is 278 g/mol. The molecule has 0 aromatic rings. The third kappa shape index (κ3) is 3.71. The molecule has 2 aliphatic rings. The second-order valence-electron chi connectivity index (χ2n) is 5.62. The van der Waals surface area contributed by atoms with Gasteiger partial charge < -0.3 is 10.6 Å². The SMILES string of the molecule is CCC1C(=O)NCCN1S(=O)(=O)CCC1CCNCC1. The zero-order valence-electron chi connectivity index (χ0n) is 12.1. The second-order valence-corrected chi connectivity index (χ2v) is 7.66. The summed E-state index contributed by atoms with van der Waals surface area (Å²) in [6, 6.07) is -0.526. The predicted molar refractivity (Wildman–Crippen MR) is 77.8 cm³/mol. The van der Waals surface area contributed by atoms with E-state index in [9.17, 15) is 13.2 Å². The number of amides is 1. The van der Waals surface area contributed by atoms with Gasteiger partial charge in [-0.1, -0.05) is 6.92 Å². The van der Waals surface area contributed by atoms with Gasteiger partial charge >= 0.3 is 0 Å². The Morgan fingerprint density at radius 2 is 1.95 bits per heavy atom. The fraction of sp³-hybridized carbons (Fsp3) is 0.923. The van der Waals surface area contributed by atoms with Crippen LogP contribution in [0.3, 0.4) is 0 Å². The van der Waals surface area contributed by atoms with Gasteiger partial charge in [-0.25, -0.2) is 8.42 Å². The highest BCUT2D eigenvalue weighted by Gasteiger charge is 2.36. The molecule has 7 heteroatoms. The minimum atomic E-state index is -3.32. The third-order valence-electron chi connectivity index (χ3n) is 4.27. The van der Waals surface area contributed by atoms with E-state index >= 15 is 0 Å². The summed E-state index contributed by atoms with van der Waals surface area (Å²) in [5.41, 5.74) is 0. The van der Waals surface area contributed by atoms with Crippen LogP contribution in [-0.2, 0) is 14.8 Å². The van der Waals surface area contributed by atoms with Crippen LogP contribution in [0.2, 0.25) is 0 Å². The van der Waals surface area contributed by atoms with Crippen molar-refractivity contribution in [1.82, 2.24) is 14.9 Å². The Labute approximate surface area is 121 Å². The standard InChI is InChI=1S/C13H25N3O3S/c1-2-12-13(17)15-8-9-16(12)20(18,19)10-5-11-3-6-14-7-4-11/h11-12,14H,2-10H2,1H3,(H,15,17). The average molecular weight is 303 g/mol. The normalized spacial score (nSPS) is 26.4. The van der Waals surface area contributed by atoms with Crippen molar-refractivity contribution in [1.29, 1.82) is 0 Å². The lowest BCUT2D eigenvalue weighted by molar-refractivity contribution is -0.126. The van der Waals surface area contributed by atoms with Crippen molar-refractivity contribution in [2.45, 2.75) is 38.6 Å². The quantitative estimate of drug-likeness (QED) is 0.744. The summed E-state index contributed by atoms with van der Waals surface area (Å²) in [5, 5.41) is 6.02. The first-order chi connectivity index (χ1) is 9.54. The van der Waals surface area contributed by atoms with E-state index < -0.39 is 16.1 Å². The number of rotatable bonds is 5. The van der Waals surface area contributed by atoms with E-state index in [1.165, 1.54) is 4.31 Å². The van der Waals surface area contributed by atoms with E-state index in [-0.39, 0.29) is 11.7 Å². The van der Waals surface area contributed by atoms with E-state index in [0.29, 0.717) is 31.8 Å². The van der Waals surface area contributed by atoms with Gasteiger partial charge in [0.2, 0.25) is 15.9 Å². The van der Waals surface area contributed by atoms with Crippen molar-refractivity contribution in [2.24, 2.45) is 5.92 Å². The molecule has 0 aromatic heterocycles. The summed E-state index contributed by atoms with van der Waals surface area (Å²) in [7, 11) is -3.32. The Morgan fingerprint density at radius 1 is 1.25 bits per heavy atom. The van der Waals surface area contributed by atoms with Crippen molar-refractivity contribution >= 4 is 15.9 Å². The lowest BCUT2D eigenvalue weighted by Crippen LogP contribution is -2.57. The summed E-state index contributed by atoms with van der Waals surface area (Å²) in [4.78, 5) is 11.8. The molecule has 1 amide bonds. The van der Waals surface area contributed by atoms with Crippen LogP contribution in [0.25, 0.3) is 0 Å². The molecule has 6 nitrogen and oxygen atoms in total. The van der Waals surface area contributed by atoms with Gasteiger partial charge in [-0.3, -0.25) is 4.79 Å². The Morgan fingerprint density at radius 3 is 2.60 bits per heavy atom. The summed E-state index contributed by atoms with van der Waals surface area (Å²) in [6.45, 7) is 4.63. The maximum absolute atomic E-state index is 12.5. The summed E-state index contributed by atoms with van der Waals surface area (Å²) in [6.07, 6.45) is 3.33. The average Bonchev–Trinajstić information content (AvgIpc) is 2.46. The van der Waals surface area contributed by atoms with Crippen LogP contribution >= 0.6 is 0 Å². The molecule has 0 aromatic carbocycles. The first-order valence-corrected chi connectivity index (χ1v) is 9.13. The number of nitrogens with one attached hydrogen (secondary N) is 2. The molecule has 0 radical (unpaired) electrons. The first kappa shape index (κ1) is 15.7. The third-order valence-corrected chi connectivity index (χ3v) is 6.17. The van der Waals surface area contributed by atoms with Gasteiger partial charge in [0.05, 0.1) is 5.75 Å². The molecule has 0 spiro atoms. The van der Waals surface area contributed by atoms with Crippen LogP contribution in [0.5, 0.6) is 0 Å². The van der Waals surface area contributed by atoms with Crippen LogP contribution in [0.1, 0.15) is 32.6 Å². The Bertz CT molecular complexity index is 432. The molecule has 116 valence electrons. The summed E-state index contributed by atoms with van der Waals surface area (Å²) in [5.74, 6) is 0.496. The van der Waals surface area contributed by atoms with Crippen LogP contribution < -0.4 is 10.6 Å². The van der Waals surface area contributed by atoms with Crippen molar-refractivity contribution in [3.63, 3.8) is 0 Å². The number of hydrogen-bond acceptors (Lipinski definition) is 4. The first-order valence-electron chi connectivity index (χ1n) is 7.52. The van der Waals surface area contributed by atoms with Crippen molar-refractivity contribution in [3.05, 3.63) is 0 Å². The fourth-order valence-corrected chi connectivity index (χ4v) is 4.89. The maximum atomic E-state index is 12.5. The summed E-state index contributed by atoms with van der Waals surface area (Å²) < 4.78 is 26.4. The van der Waals surface area contributed by atoms with E-state index in [2.05, 4.69) is 10.6 Å². The van der Waals surface area contributed by atoms with Gasteiger partial charge in [0, 0.05) is 13.1 Å². The van der Waals surface area contributed by atoms with Gasteiger partial charge in [-0.2, -0.15) is 4.31 Å². The Kier molecular flexibility index (Phi) is 5.40. The predicted octanol–water partition coefficient (Wildman–Crippen LogP) is -0.0837. The molecule has 1 atom stereocenters. The highest BCUT2D eigenvalue weighted by atomic mass is 32.2. The van der Waals surface area contributed by atoms with Crippen molar-refractivity contribution in [3.8, 4) is 0 Å². The zero-order valence-corrected chi connectivity index (χ0v) is 12.9. The number of piperidine rings is 1. The highest BCUT2D eigenvalue weighted by molar-refractivity contribution is 7.89. The largest absolute Gasteiger partial charge is 0.353 e. The molecular formula is C13H25N3O3S. The van der Waals surface area contributed by atoms with E-state index in [4.69, 9.17) is 0 Å². The zero-order chi connectivity index (χ0) is 14.6. The Balaban J connectivity index is 1.95. The second kappa shape index (κ2) is 6.87. The number of sulfonamides is 1. The van der Waals surface area contributed by atoms with E-state index in [0.717, 1.165) is 25.9 Å². The van der Waals surface area contributed by atoms with Crippen LogP contribution in [-0.4, -0.2) is 56.6 Å². The molecule has 0 aliphatic carbocycles. The van der Waals surface area contributed by atoms with Crippen molar-refractivity contribution in [2.75, 3.05) is 31.9 Å². The van der Waals surface area contributed by atoms with Gasteiger partial charge in [0.15, 0.2) is 0 Å². The minimum Gasteiger partial charge on any atom is -0.353 e. The maximum Gasteiger partial charge on any atom is 0.238 e. The van der Waals surface area contributed by atoms with Crippen molar-refractivity contribution < 1.29 is 13.2 Å². The molecule has 2 aliphatic heterocycles. The smallest absolute Gasteiger partial charge is 0.238 e.